The van der Waals surface area contributed by atoms with Crippen LogP contribution in [0, 0.1) is 6.92 Å². The molecule has 1 aliphatic rings. The van der Waals surface area contributed by atoms with Gasteiger partial charge in [-0.05, 0) is 25.1 Å². The summed E-state index contributed by atoms with van der Waals surface area (Å²) >= 11 is 4.63. The van der Waals surface area contributed by atoms with E-state index in [4.69, 9.17) is 0 Å². The maximum absolute atomic E-state index is 12.2. The molecule has 0 radical (unpaired) electrons. The van der Waals surface area contributed by atoms with Gasteiger partial charge in [0.25, 0.3) is 11.8 Å². The molecule has 1 aromatic heterocycles. The Kier molecular flexibility index (Phi) is 2.57. The molecule has 2 aromatic rings. The van der Waals surface area contributed by atoms with Crippen molar-refractivity contribution >= 4 is 44.2 Å². The Morgan fingerprint density at radius 2 is 1.94 bits per heavy atom. The number of amides is 2. The van der Waals surface area contributed by atoms with Crippen LogP contribution in [-0.4, -0.2) is 16.8 Å². The number of aryl methyl sites for hydroxylation is 1. The molecular formula is C12H7BrN2O2S. The Morgan fingerprint density at radius 1 is 1.22 bits per heavy atom. The third-order valence-corrected chi connectivity index (χ3v) is 4.04. The summed E-state index contributed by atoms with van der Waals surface area (Å²) < 4.78 is 0.777. The van der Waals surface area contributed by atoms with Crippen LogP contribution in [0.3, 0.4) is 0 Å². The molecule has 4 nitrogen and oxygen atoms in total. The Balaban J connectivity index is 2.12. The van der Waals surface area contributed by atoms with E-state index in [1.807, 2.05) is 6.92 Å². The van der Waals surface area contributed by atoms with Crippen LogP contribution in [0.1, 0.15) is 25.6 Å². The zero-order chi connectivity index (χ0) is 12.9. The molecule has 1 aromatic carbocycles. The van der Waals surface area contributed by atoms with E-state index in [0.29, 0.717) is 16.3 Å². The fraction of sp³-hybridized carbons (Fsp3) is 0.0833. The van der Waals surface area contributed by atoms with Gasteiger partial charge >= 0.3 is 0 Å². The summed E-state index contributed by atoms with van der Waals surface area (Å²) in [5, 5.41) is 0.426. The summed E-state index contributed by atoms with van der Waals surface area (Å²) in [6.45, 7) is 1.88. The minimum Gasteiger partial charge on any atom is -0.268 e. The number of benzene rings is 1. The standard InChI is InChI=1S/C12H7BrN2O2S/c1-6-5-14-12(18-6)15-10(16)8-3-2-7(13)4-9(8)11(15)17/h2-5H,1H3. The number of carbonyl (C=O) groups excluding carboxylic acids is 2. The normalized spacial score (nSPS) is 14.2. The number of carbonyl (C=O) groups is 2. The number of nitrogens with zero attached hydrogens (tertiary/aromatic N) is 2. The quantitative estimate of drug-likeness (QED) is 0.758. The van der Waals surface area contributed by atoms with Crippen molar-refractivity contribution in [3.8, 4) is 0 Å². The molecule has 0 unspecified atom stereocenters. The predicted molar refractivity (Wildman–Crippen MR) is 72.1 cm³/mol. The lowest BCUT2D eigenvalue weighted by molar-refractivity contribution is 0.0926. The first kappa shape index (κ1) is 11.6. The lowest BCUT2D eigenvalue weighted by Crippen LogP contribution is -2.29. The maximum Gasteiger partial charge on any atom is 0.268 e. The van der Waals surface area contributed by atoms with Gasteiger partial charge in [-0.15, -0.1) is 11.3 Å². The molecule has 3 rings (SSSR count). The van der Waals surface area contributed by atoms with Gasteiger partial charge < -0.3 is 0 Å². The van der Waals surface area contributed by atoms with Gasteiger partial charge in [-0.2, -0.15) is 0 Å². The highest BCUT2D eigenvalue weighted by Crippen LogP contribution is 2.32. The molecule has 0 saturated heterocycles. The predicted octanol–water partition coefficient (Wildman–Crippen LogP) is 3.01. The van der Waals surface area contributed by atoms with Crippen molar-refractivity contribution < 1.29 is 9.59 Å². The summed E-state index contributed by atoms with van der Waals surface area (Å²) in [4.78, 5) is 30.6. The number of aromatic nitrogens is 1. The van der Waals surface area contributed by atoms with Crippen molar-refractivity contribution in [3.63, 3.8) is 0 Å². The van der Waals surface area contributed by atoms with Crippen LogP contribution in [0.15, 0.2) is 28.9 Å². The summed E-state index contributed by atoms with van der Waals surface area (Å²) in [5.41, 5.74) is 0.846. The molecule has 0 saturated carbocycles. The Bertz CT molecular complexity index is 680. The Hall–Kier alpha value is -1.53. The summed E-state index contributed by atoms with van der Waals surface area (Å²) in [5.74, 6) is -0.623. The first-order valence-corrected chi connectivity index (χ1v) is 6.79. The number of hydrogen-bond acceptors (Lipinski definition) is 4. The Labute approximate surface area is 115 Å². The SMILES string of the molecule is Cc1cnc(N2C(=O)c3ccc(Br)cc3C2=O)s1. The smallest absolute Gasteiger partial charge is 0.268 e. The molecule has 0 N–H and O–H groups in total. The largest absolute Gasteiger partial charge is 0.268 e. The summed E-state index contributed by atoms with van der Waals surface area (Å²) in [6, 6.07) is 5.07. The minimum atomic E-state index is -0.314. The second-order valence-corrected chi connectivity index (χ2v) is 6.02. The van der Waals surface area contributed by atoms with E-state index in [9.17, 15) is 9.59 Å². The lowest BCUT2D eigenvalue weighted by atomic mass is 10.1. The number of rotatable bonds is 1. The van der Waals surface area contributed by atoms with Gasteiger partial charge in [-0.25, -0.2) is 9.88 Å². The topological polar surface area (TPSA) is 50.3 Å². The monoisotopic (exact) mass is 322 g/mol. The average Bonchev–Trinajstić information content (AvgIpc) is 2.84. The third kappa shape index (κ3) is 1.60. The zero-order valence-electron chi connectivity index (χ0n) is 9.31. The van der Waals surface area contributed by atoms with Crippen molar-refractivity contribution in [2.24, 2.45) is 0 Å². The van der Waals surface area contributed by atoms with Crippen LogP contribution in [0.5, 0.6) is 0 Å². The third-order valence-electron chi connectivity index (χ3n) is 2.65. The minimum absolute atomic E-state index is 0.308. The first-order chi connectivity index (χ1) is 8.58. The molecule has 0 bridgehead atoms. The number of halogens is 1. The van der Waals surface area contributed by atoms with Crippen molar-refractivity contribution in [1.82, 2.24) is 4.98 Å². The van der Waals surface area contributed by atoms with E-state index in [2.05, 4.69) is 20.9 Å². The van der Waals surface area contributed by atoms with Gasteiger partial charge in [0.15, 0.2) is 5.13 Å². The highest BCUT2D eigenvalue weighted by molar-refractivity contribution is 9.10. The first-order valence-electron chi connectivity index (χ1n) is 5.18. The van der Waals surface area contributed by atoms with Crippen LogP contribution in [0.2, 0.25) is 0 Å². The Morgan fingerprint density at radius 3 is 2.61 bits per heavy atom. The molecule has 0 atom stereocenters. The van der Waals surface area contributed by atoms with Crippen molar-refractivity contribution in [2.75, 3.05) is 4.90 Å². The van der Waals surface area contributed by atoms with E-state index >= 15 is 0 Å². The number of thiazole rings is 1. The highest BCUT2D eigenvalue weighted by atomic mass is 79.9. The highest BCUT2D eigenvalue weighted by Gasteiger charge is 2.38. The van der Waals surface area contributed by atoms with Crippen LogP contribution in [0.25, 0.3) is 0 Å². The maximum atomic E-state index is 12.2. The number of hydrogen-bond donors (Lipinski definition) is 0. The molecule has 90 valence electrons. The van der Waals surface area contributed by atoms with E-state index in [1.54, 1.807) is 24.4 Å². The second-order valence-electron chi connectivity index (χ2n) is 3.89. The van der Waals surface area contributed by atoms with Crippen LogP contribution < -0.4 is 4.90 Å². The second kappa shape index (κ2) is 4.00. The van der Waals surface area contributed by atoms with Crippen molar-refractivity contribution in [3.05, 3.63) is 44.9 Å². The summed E-state index contributed by atoms with van der Waals surface area (Å²) in [7, 11) is 0. The molecule has 6 heteroatoms. The fourth-order valence-corrected chi connectivity index (χ4v) is 2.95. The molecule has 18 heavy (non-hydrogen) atoms. The molecular weight excluding hydrogens is 316 g/mol. The van der Waals surface area contributed by atoms with Crippen molar-refractivity contribution in [1.29, 1.82) is 0 Å². The van der Waals surface area contributed by atoms with Gasteiger partial charge in [0.2, 0.25) is 0 Å². The fourth-order valence-electron chi connectivity index (χ4n) is 1.83. The van der Waals surface area contributed by atoms with E-state index in [1.165, 1.54) is 11.3 Å². The van der Waals surface area contributed by atoms with Crippen LogP contribution >= 0.6 is 27.3 Å². The zero-order valence-corrected chi connectivity index (χ0v) is 11.7. The lowest BCUT2D eigenvalue weighted by Gasteiger charge is -2.08. The van der Waals surface area contributed by atoms with Crippen molar-refractivity contribution in [2.45, 2.75) is 6.92 Å². The number of anilines is 1. The van der Waals surface area contributed by atoms with Gasteiger partial charge in [0, 0.05) is 15.5 Å². The van der Waals surface area contributed by atoms with Crippen LogP contribution in [-0.2, 0) is 0 Å². The molecule has 1 aliphatic heterocycles. The molecule has 0 spiro atoms. The summed E-state index contributed by atoms with van der Waals surface area (Å²) in [6.07, 6.45) is 1.65. The van der Waals surface area contributed by atoms with E-state index in [0.717, 1.165) is 14.2 Å². The molecule has 0 aliphatic carbocycles. The van der Waals surface area contributed by atoms with E-state index in [-0.39, 0.29) is 11.8 Å². The average molecular weight is 323 g/mol. The van der Waals surface area contributed by atoms with Crippen LogP contribution in [0.4, 0.5) is 5.13 Å². The van der Waals surface area contributed by atoms with E-state index < -0.39 is 0 Å². The van der Waals surface area contributed by atoms with Gasteiger partial charge in [0.05, 0.1) is 11.1 Å². The van der Waals surface area contributed by atoms with Gasteiger partial charge in [0.1, 0.15) is 0 Å². The number of imide groups is 1. The van der Waals surface area contributed by atoms with Gasteiger partial charge in [-0.1, -0.05) is 15.9 Å². The van der Waals surface area contributed by atoms with Gasteiger partial charge in [-0.3, -0.25) is 9.59 Å². The number of fused-ring (bicyclic) bond motifs is 1. The molecule has 0 fully saturated rings. The molecule has 2 heterocycles. The molecule has 2 amide bonds.